The number of alkyl halides is 2. The molecule has 0 spiro atoms. The number of unbranched alkanes of at least 4 members (excludes halogenated alkanes) is 3. The Balaban J connectivity index is 3.41. The number of halogens is 2. The zero-order chi connectivity index (χ0) is 12.4. The van der Waals surface area contributed by atoms with Crippen LogP contribution in [-0.2, 0) is 9.53 Å². The van der Waals surface area contributed by atoms with Crippen molar-refractivity contribution in [3.63, 3.8) is 0 Å². The summed E-state index contributed by atoms with van der Waals surface area (Å²) in [7, 11) is 0. The molecule has 0 heterocycles. The summed E-state index contributed by atoms with van der Waals surface area (Å²) in [4.78, 5) is 11.1. The van der Waals surface area contributed by atoms with E-state index in [1.54, 1.807) is 6.92 Å². The average Bonchev–Trinajstić information content (AvgIpc) is 2.25. The molecule has 0 saturated carbocycles. The van der Waals surface area contributed by atoms with Gasteiger partial charge in [0, 0.05) is 11.5 Å². The van der Waals surface area contributed by atoms with Gasteiger partial charge in [-0.1, -0.05) is 25.8 Å². The van der Waals surface area contributed by atoms with E-state index in [0.29, 0.717) is 5.57 Å². The highest BCUT2D eigenvalue weighted by molar-refractivity contribution is 6.20. The van der Waals surface area contributed by atoms with Crippen molar-refractivity contribution in [1.29, 1.82) is 0 Å². The van der Waals surface area contributed by atoms with E-state index in [0.717, 1.165) is 38.0 Å². The number of esters is 1. The van der Waals surface area contributed by atoms with Crippen LogP contribution in [0.15, 0.2) is 12.2 Å². The van der Waals surface area contributed by atoms with Gasteiger partial charge in [0.2, 0.25) is 0 Å². The number of hydrogen-bond donors (Lipinski definition) is 0. The van der Waals surface area contributed by atoms with Crippen LogP contribution >= 0.6 is 23.2 Å². The molecule has 0 aromatic carbocycles. The van der Waals surface area contributed by atoms with E-state index in [1.165, 1.54) is 0 Å². The Hall–Kier alpha value is -0.210. The van der Waals surface area contributed by atoms with Crippen molar-refractivity contribution < 1.29 is 9.53 Å². The van der Waals surface area contributed by atoms with Crippen molar-refractivity contribution in [2.45, 2.75) is 44.4 Å². The molecule has 16 heavy (non-hydrogen) atoms. The highest BCUT2D eigenvalue weighted by atomic mass is 35.5. The molecule has 0 saturated heterocycles. The van der Waals surface area contributed by atoms with Gasteiger partial charge in [-0.2, -0.15) is 0 Å². The Bertz CT molecular complexity index is 217. The fourth-order valence-electron chi connectivity index (χ4n) is 1.19. The zero-order valence-electron chi connectivity index (χ0n) is 9.81. The summed E-state index contributed by atoms with van der Waals surface area (Å²) in [5.74, 6) is 0.355. The third-order valence-corrected chi connectivity index (χ3v) is 2.76. The summed E-state index contributed by atoms with van der Waals surface area (Å²) in [6.07, 6.45) is 5.24. The smallest absolute Gasteiger partial charge is 0.333 e. The van der Waals surface area contributed by atoms with E-state index in [1.807, 2.05) is 0 Å². The first kappa shape index (κ1) is 15.8. The summed E-state index contributed by atoms with van der Waals surface area (Å²) in [6.45, 7) is 5.39. The lowest BCUT2D eigenvalue weighted by molar-refractivity contribution is -0.138. The number of rotatable bonds is 9. The summed E-state index contributed by atoms with van der Waals surface area (Å²) < 4.78 is 4.95. The lowest BCUT2D eigenvalue weighted by Crippen LogP contribution is -2.14. The molecule has 0 bridgehead atoms. The Morgan fingerprint density at radius 2 is 1.94 bits per heavy atom. The van der Waals surface area contributed by atoms with Gasteiger partial charge in [-0.3, -0.25) is 0 Å². The first-order chi connectivity index (χ1) is 7.57. The van der Waals surface area contributed by atoms with Crippen molar-refractivity contribution in [2.24, 2.45) is 0 Å². The van der Waals surface area contributed by atoms with Crippen LogP contribution < -0.4 is 0 Å². The van der Waals surface area contributed by atoms with Crippen LogP contribution in [0.5, 0.6) is 0 Å². The molecule has 0 aromatic rings. The van der Waals surface area contributed by atoms with E-state index < -0.39 is 0 Å². The predicted octanol–water partition coefficient (Wildman–Crippen LogP) is 3.90. The minimum absolute atomic E-state index is 0.0979. The lowest BCUT2D eigenvalue weighted by Gasteiger charge is -2.10. The molecule has 1 atom stereocenters. The van der Waals surface area contributed by atoms with E-state index >= 15 is 0 Å². The highest BCUT2D eigenvalue weighted by Crippen LogP contribution is 2.11. The molecule has 0 aliphatic carbocycles. The minimum atomic E-state index is -0.368. The van der Waals surface area contributed by atoms with Crippen LogP contribution in [0.4, 0.5) is 0 Å². The molecule has 0 aromatic heterocycles. The second-order valence-electron chi connectivity index (χ2n) is 3.87. The Morgan fingerprint density at radius 3 is 2.50 bits per heavy atom. The second kappa shape index (κ2) is 9.98. The van der Waals surface area contributed by atoms with Gasteiger partial charge in [0.25, 0.3) is 0 Å². The monoisotopic (exact) mass is 266 g/mol. The normalized spacial score (nSPS) is 12.2. The molecule has 0 aliphatic heterocycles. The van der Waals surface area contributed by atoms with Crippen LogP contribution in [-0.4, -0.2) is 23.8 Å². The molecule has 1 unspecified atom stereocenters. The van der Waals surface area contributed by atoms with Crippen molar-refractivity contribution in [2.75, 3.05) is 12.5 Å². The molecule has 0 rings (SSSR count). The maximum absolute atomic E-state index is 11.1. The van der Waals surface area contributed by atoms with Gasteiger partial charge in [0.1, 0.15) is 6.61 Å². The van der Waals surface area contributed by atoms with Crippen molar-refractivity contribution >= 4 is 29.2 Å². The van der Waals surface area contributed by atoms with Gasteiger partial charge >= 0.3 is 5.97 Å². The molecule has 0 amide bonds. The average molecular weight is 267 g/mol. The third kappa shape index (κ3) is 9.05. The molecule has 0 aliphatic rings. The van der Waals surface area contributed by atoms with Gasteiger partial charge in [0.15, 0.2) is 0 Å². The van der Waals surface area contributed by atoms with Crippen molar-refractivity contribution in [3.05, 3.63) is 12.2 Å². The Morgan fingerprint density at radius 1 is 1.31 bits per heavy atom. The minimum Gasteiger partial charge on any atom is -0.461 e. The van der Waals surface area contributed by atoms with Crippen molar-refractivity contribution in [1.82, 2.24) is 0 Å². The summed E-state index contributed by atoms with van der Waals surface area (Å²) in [6, 6.07) is 0. The Kier molecular flexibility index (Phi) is 9.85. The maximum atomic E-state index is 11.1. The molecular weight excluding hydrogens is 247 g/mol. The fraction of sp³-hybridized carbons (Fsp3) is 0.750. The van der Waals surface area contributed by atoms with Gasteiger partial charge in [0.05, 0.1) is 5.38 Å². The van der Waals surface area contributed by atoms with Gasteiger partial charge in [-0.05, 0) is 19.8 Å². The van der Waals surface area contributed by atoms with Gasteiger partial charge in [-0.15, -0.1) is 23.2 Å². The first-order valence-electron chi connectivity index (χ1n) is 5.60. The van der Waals surface area contributed by atoms with Crippen LogP contribution in [0.25, 0.3) is 0 Å². The topological polar surface area (TPSA) is 26.3 Å². The number of hydrogen-bond acceptors (Lipinski definition) is 2. The van der Waals surface area contributed by atoms with Crippen LogP contribution in [0, 0.1) is 0 Å². The number of ether oxygens (including phenoxy) is 1. The first-order valence-corrected chi connectivity index (χ1v) is 6.57. The van der Waals surface area contributed by atoms with Crippen LogP contribution in [0.2, 0.25) is 0 Å². The van der Waals surface area contributed by atoms with Gasteiger partial charge < -0.3 is 4.74 Å². The van der Waals surface area contributed by atoms with E-state index in [-0.39, 0.29) is 18.0 Å². The summed E-state index contributed by atoms with van der Waals surface area (Å²) >= 11 is 11.6. The number of carbonyl (C=O) groups is 1. The summed E-state index contributed by atoms with van der Waals surface area (Å²) in [5, 5.41) is -0.0979. The molecule has 0 N–H and O–H groups in total. The lowest BCUT2D eigenvalue weighted by atomic mass is 10.1. The predicted molar refractivity (Wildman–Crippen MR) is 69.2 cm³/mol. The molecule has 0 radical (unpaired) electrons. The number of carbonyl (C=O) groups excluding carboxylic acids is 1. The maximum Gasteiger partial charge on any atom is 0.333 e. The quantitative estimate of drug-likeness (QED) is 0.274. The highest BCUT2D eigenvalue weighted by Gasteiger charge is 2.09. The Labute approximate surface area is 108 Å². The molecule has 0 fully saturated rings. The molecule has 2 nitrogen and oxygen atoms in total. The van der Waals surface area contributed by atoms with E-state index in [2.05, 4.69) is 6.58 Å². The fourth-order valence-corrected chi connectivity index (χ4v) is 1.59. The van der Waals surface area contributed by atoms with E-state index in [4.69, 9.17) is 27.9 Å². The third-order valence-electron chi connectivity index (χ3n) is 2.14. The second-order valence-corrected chi connectivity index (χ2v) is 4.86. The SMILES string of the molecule is C=C(C)C(=O)OCC(Cl)CCCCCCCl. The van der Waals surface area contributed by atoms with Gasteiger partial charge in [-0.25, -0.2) is 4.79 Å². The largest absolute Gasteiger partial charge is 0.461 e. The van der Waals surface area contributed by atoms with E-state index in [9.17, 15) is 4.79 Å². The zero-order valence-corrected chi connectivity index (χ0v) is 11.3. The summed E-state index contributed by atoms with van der Waals surface area (Å²) in [5.41, 5.74) is 0.408. The molecular formula is C12H20Cl2O2. The van der Waals surface area contributed by atoms with Crippen LogP contribution in [0.1, 0.15) is 39.0 Å². The van der Waals surface area contributed by atoms with Crippen LogP contribution in [0.3, 0.4) is 0 Å². The standard InChI is InChI=1S/C12H20Cl2O2/c1-10(2)12(15)16-9-11(14)7-5-3-4-6-8-13/h11H,1,3-9H2,2H3. The molecule has 4 heteroatoms. The van der Waals surface area contributed by atoms with Crippen molar-refractivity contribution in [3.8, 4) is 0 Å². The molecule has 94 valence electrons.